The molecule has 1 aliphatic rings. The lowest BCUT2D eigenvalue weighted by atomic mass is 10.2. The zero-order valence-corrected chi connectivity index (χ0v) is 14.7. The van der Waals surface area contributed by atoms with Crippen LogP contribution >= 0.6 is 0 Å². The van der Waals surface area contributed by atoms with Crippen LogP contribution in [0.5, 0.6) is 0 Å². The van der Waals surface area contributed by atoms with Gasteiger partial charge < -0.3 is 19.7 Å². The molecule has 0 aromatic heterocycles. The van der Waals surface area contributed by atoms with E-state index in [0.29, 0.717) is 13.0 Å². The lowest BCUT2D eigenvalue weighted by Crippen LogP contribution is -2.36. The van der Waals surface area contributed by atoms with Gasteiger partial charge in [-0.1, -0.05) is 17.9 Å². The van der Waals surface area contributed by atoms with Crippen molar-refractivity contribution >= 4 is 11.8 Å². The minimum absolute atomic E-state index is 0.404. The van der Waals surface area contributed by atoms with Crippen LogP contribution in [0.4, 0.5) is 10.5 Å². The number of nitrogens with one attached hydrogen (secondary N) is 1. The topological polar surface area (TPSA) is 50.8 Å². The van der Waals surface area contributed by atoms with Crippen molar-refractivity contribution in [2.45, 2.75) is 32.8 Å². The summed E-state index contributed by atoms with van der Waals surface area (Å²) in [6.45, 7) is 9.37. The van der Waals surface area contributed by atoms with Gasteiger partial charge in [0.05, 0.1) is 13.2 Å². The number of ether oxygens (including phenoxy) is 2. The van der Waals surface area contributed by atoms with E-state index >= 15 is 0 Å². The normalized spacial score (nSPS) is 14.5. The summed E-state index contributed by atoms with van der Waals surface area (Å²) in [6.07, 6.45) is 0.180. The van der Waals surface area contributed by atoms with E-state index < -0.39 is 11.7 Å². The molecule has 0 radical (unpaired) electrons. The molecule has 0 atom stereocenters. The zero-order valence-electron chi connectivity index (χ0n) is 14.7. The van der Waals surface area contributed by atoms with E-state index in [2.05, 4.69) is 34.2 Å². The minimum atomic E-state index is -0.476. The fraction of sp³-hybridized carbons (Fsp3) is 0.526. The van der Waals surface area contributed by atoms with Gasteiger partial charge in [-0.3, -0.25) is 0 Å². The Balaban J connectivity index is 1.80. The predicted molar refractivity (Wildman–Crippen MR) is 95.2 cm³/mol. The number of nitrogens with zero attached hydrogens (tertiary/aromatic N) is 1. The quantitative estimate of drug-likeness (QED) is 0.684. The molecule has 1 fully saturated rings. The molecule has 0 aliphatic carbocycles. The van der Waals surface area contributed by atoms with E-state index in [-0.39, 0.29) is 0 Å². The Morgan fingerprint density at radius 2 is 2.08 bits per heavy atom. The van der Waals surface area contributed by atoms with Gasteiger partial charge in [-0.15, -0.1) is 0 Å². The Morgan fingerprint density at radius 3 is 2.79 bits per heavy atom. The van der Waals surface area contributed by atoms with Crippen LogP contribution in [-0.4, -0.2) is 44.5 Å². The highest BCUT2D eigenvalue weighted by Gasteiger charge is 2.15. The second-order valence-electron chi connectivity index (χ2n) is 6.63. The number of hydrogen-bond donors (Lipinski definition) is 1. The molecule has 1 N–H and O–H groups in total. The maximum absolute atomic E-state index is 11.5. The molecule has 0 unspecified atom stereocenters. The first kappa shape index (κ1) is 18.2. The molecule has 2 rings (SSSR count). The van der Waals surface area contributed by atoms with Gasteiger partial charge in [0.2, 0.25) is 0 Å². The molecule has 0 saturated carbocycles. The summed E-state index contributed by atoms with van der Waals surface area (Å²) in [7, 11) is 0. The monoisotopic (exact) mass is 330 g/mol. The third kappa shape index (κ3) is 6.51. The average molecular weight is 330 g/mol. The first-order valence-corrected chi connectivity index (χ1v) is 8.32. The molecule has 5 nitrogen and oxygen atoms in total. The summed E-state index contributed by atoms with van der Waals surface area (Å²) in [6, 6.07) is 8.21. The van der Waals surface area contributed by atoms with Gasteiger partial charge in [0.1, 0.15) is 5.60 Å². The maximum Gasteiger partial charge on any atom is 0.407 e. The summed E-state index contributed by atoms with van der Waals surface area (Å²) in [4.78, 5) is 13.8. The Morgan fingerprint density at radius 1 is 1.33 bits per heavy atom. The van der Waals surface area contributed by atoms with E-state index in [0.717, 1.165) is 31.9 Å². The second-order valence-corrected chi connectivity index (χ2v) is 6.63. The van der Waals surface area contributed by atoms with Crippen LogP contribution in [0, 0.1) is 11.8 Å². The number of alkyl carbamates (subject to hydrolysis) is 1. The summed E-state index contributed by atoms with van der Waals surface area (Å²) in [5.41, 5.74) is 1.68. The second kappa shape index (κ2) is 8.60. The van der Waals surface area contributed by atoms with E-state index in [9.17, 15) is 4.79 Å². The van der Waals surface area contributed by atoms with Gasteiger partial charge in [-0.2, -0.15) is 0 Å². The SMILES string of the molecule is CC(C)(C)OC(=O)NCCC#Cc1cccc(N2CCOCC2)c1. The standard InChI is InChI=1S/C19H26N2O3/c1-19(2,3)24-18(22)20-10-5-4-7-16-8-6-9-17(15-16)21-11-13-23-14-12-21/h6,8-9,15H,5,10-14H2,1-3H3,(H,20,22). The number of anilines is 1. The molecular weight excluding hydrogens is 304 g/mol. The molecular formula is C19H26N2O3. The van der Waals surface area contributed by atoms with Crippen molar-refractivity contribution in [2.75, 3.05) is 37.7 Å². The van der Waals surface area contributed by atoms with Crippen molar-refractivity contribution in [2.24, 2.45) is 0 Å². The van der Waals surface area contributed by atoms with Crippen LogP contribution in [0.25, 0.3) is 0 Å². The fourth-order valence-electron chi connectivity index (χ4n) is 2.31. The zero-order chi connectivity index (χ0) is 17.4. The number of hydrogen-bond acceptors (Lipinski definition) is 4. The van der Waals surface area contributed by atoms with E-state index in [1.807, 2.05) is 32.9 Å². The van der Waals surface area contributed by atoms with Crippen LogP contribution in [0.2, 0.25) is 0 Å². The van der Waals surface area contributed by atoms with Crippen molar-refractivity contribution < 1.29 is 14.3 Å². The Hall–Kier alpha value is -2.19. The van der Waals surface area contributed by atoms with Crippen molar-refractivity contribution in [1.82, 2.24) is 5.32 Å². The van der Waals surface area contributed by atoms with Gasteiger partial charge in [0.25, 0.3) is 0 Å². The van der Waals surface area contributed by atoms with Crippen molar-refractivity contribution in [1.29, 1.82) is 0 Å². The molecule has 24 heavy (non-hydrogen) atoms. The molecule has 0 bridgehead atoms. The average Bonchev–Trinajstić information content (AvgIpc) is 2.54. The number of rotatable bonds is 3. The third-order valence-electron chi connectivity index (χ3n) is 3.37. The van der Waals surface area contributed by atoms with E-state index in [4.69, 9.17) is 9.47 Å². The van der Waals surface area contributed by atoms with Crippen molar-refractivity contribution in [3.8, 4) is 11.8 Å². The first-order chi connectivity index (χ1) is 11.4. The maximum atomic E-state index is 11.5. The van der Waals surface area contributed by atoms with Crippen molar-refractivity contribution in [3.63, 3.8) is 0 Å². The van der Waals surface area contributed by atoms with Crippen LogP contribution in [0.1, 0.15) is 32.8 Å². The van der Waals surface area contributed by atoms with Crippen LogP contribution < -0.4 is 10.2 Å². The van der Waals surface area contributed by atoms with Crippen LogP contribution in [0.3, 0.4) is 0 Å². The molecule has 130 valence electrons. The largest absolute Gasteiger partial charge is 0.444 e. The number of amides is 1. The van der Waals surface area contributed by atoms with Gasteiger partial charge in [-0.05, 0) is 39.0 Å². The van der Waals surface area contributed by atoms with Gasteiger partial charge >= 0.3 is 6.09 Å². The summed E-state index contributed by atoms with van der Waals surface area (Å²) in [5, 5.41) is 2.70. The van der Waals surface area contributed by atoms with Gasteiger partial charge in [-0.25, -0.2) is 4.79 Å². The van der Waals surface area contributed by atoms with E-state index in [1.165, 1.54) is 5.69 Å². The number of carbonyl (C=O) groups is 1. The third-order valence-corrected chi connectivity index (χ3v) is 3.37. The first-order valence-electron chi connectivity index (χ1n) is 8.32. The molecule has 1 amide bonds. The molecule has 1 saturated heterocycles. The molecule has 1 aliphatic heterocycles. The lowest BCUT2D eigenvalue weighted by Gasteiger charge is -2.28. The summed E-state index contributed by atoms with van der Waals surface area (Å²) in [5.74, 6) is 6.23. The lowest BCUT2D eigenvalue weighted by molar-refractivity contribution is 0.0529. The Labute approximate surface area is 144 Å². The smallest absolute Gasteiger partial charge is 0.407 e. The molecule has 1 aromatic carbocycles. The Bertz CT molecular complexity index is 605. The predicted octanol–water partition coefficient (Wildman–Crippen LogP) is 2.79. The minimum Gasteiger partial charge on any atom is -0.444 e. The highest BCUT2D eigenvalue weighted by Crippen LogP contribution is 2.17. The highest BCUT2D eigenvalue weighted by atomic mass is 16.6. The molecule has 1 heterocycles. The number of benzene rings is 1. The van der Waals surface area contributed by atoms with E-state index in [1.54, 1.807) is 0 Å². The number of carbonyl (C=O) groups excluding carboxylic acids is 1. The fourth-order valence-corrected chi connectivity index (χ4v) is 2.31. The van der Waals surface area contributed by atoms with Gasteiger partial charge in [0.15, 0.2) is 0 Å². The highest BCUT2D eigenvalue weighted by molar-refractivity contribution is 5.67. The molecule has 5 heteroatoms. The number of morpholine rings is 1. The van der Waals surface area contributed by atoms with Crippen molar-refractivity contribution in [3.05, 3.63) is 29.8 Å². The molecule has 0 spiro atoms. The molecule has 1 aromatic rings. The summed E-state index contributed by atoms with van der Waals surface area (Å²) >= 11 is 0. The summed E-state index contributed by atoms with van der Waals surface area (Å²) < 4.78 is 10.5. The van der Waals surface area contributed by atoms with Crippen LogP contribution in [0.15, 0.2) is 24.3 Å². The van der Waals surface area contributed by atoms with Gasteiger partial charge in [0, 0.05) is 37.3 Å². The van der Waals surface area contributed by atoms with Crippen LogP contribution in [-0.2, 0) is 9.47 Å². The Kier molecular flexibility index (Phi) is 6.51.